The maximum Gasteiger partial charge on any atom is 0.156 e. The van der Waals surface area contributed by atoms with Crippen molar-refractivity contribution in [2.45, 2.75) is 32.4 Å². The lowest BCUT2D eigenvalue weighted by Crippen LogP contribution is -2.43. The molecule has 0 fully saturated rings. The maximum absolute atomic E-state index is 8.80. The van der Waals surface area contributed by atoms with Gasteiger partial charge in [0.2, 0.25) is 0 Å². The molecule has 0 saturated heterocycles. The Hall–Kier alpha value is -1.26. The molecule has 0 aromatic heterocycles. The van der Waals surface area contributed by atoms with Gasteiger partial charge in [-0.2, -0.15) is 0 Å². The quantitative estimate of drug-likeness (QED) is 0.374. The van der Waals surface area contributed by atoms with Crippen LogP contribution in [0.2, 0.25) is 5.02 Å². The number of nitrogens with two attached hydrogens (primary N) is 1. The summed E-state index contributed by atoms with van der Waals surface area (Å²) in [6.07, 6.45) is 0.765. The number of benzene rings is 1. The highest BCUT2D eigenvalue weighted by Crippen LogP contribution is 2.27. The van der Waals surface area contributed by atoms with Gasteiger partial charge in [-0.05, 0) is 32.0 Å². The summed E-state index contributed by atoms with van der Waals surface area (Å²) in [5.74, 6) is 0.221. The molecule has 0 aliphatic heterocycles. The molecule has 18 heavy (non-hydrogen) atoms. The Bertz CT molecular complexity index is 422. The highest BCUT2D eigenvalue weighted by atomic mass is 35.5. The van der Waals surface area contributed by atoms with Crippen molar-refractivity contribution in [3.05, 3.63) is 34.9 Å². The van der Waals surface area contributed by atoms with Crippen LogP contribution >= 0.6 is 11.6 Å². The van der Waals surface area contributed by atoms with Crippen LogP contribution in [-0.4, -0.2) is 29.0 Å². The number of hydrogen-bond donors (Lipinski definition) is 2. The Morgan fingerprint density at radius 1 is 1.50 bits per heavy atom. The van der Waals surface area contributed by atoms with Crippen LogP contribution in [0.15, 0.2) is 29.4 Å². The third-order valence-electron chi connectivity index (χ3n) is 3.30. The lowest BCUT2D eigenvalue weighted by molar-refractivity contribution is 0.217. The summed E-state index contributed by atoms with van der Waals surface area (Å²) in [6, 6.07) is 7.69. The summed E-state index contributed by atoms with van der Waals surface area (Å²) in [5.41, 5.74) is 6.74. The molecule has 5 heteroatoms. The molecule has 0 heterocycles. The van der Waals surface area contributed by atoms with Crippen LogP contribution < -0.4 is 5.73 Å². The number of likely N-dealkylation sites (N-methyl/N-ethyl adjacent to an activating group) is 1. The zero-order valence-corrected chi connectivity index (χ0v) is 11.7. The predicted molar refractivity (Wildman–Crippen MR) is 75.1 cm³/mol. The molecular formula is C13H20ClN3O. The van der Waals surface area contributed by atoms with Gasteiger partial charge in [0.05, 0.1) is 6.04 Å². The van der Waals surface area contributed by atoms with E-state index in [4.69, 9.17) is 22.5 Å². The number of oxime groups is 1. The largest absolute Gasteiger partial charge is 0.409 e. The minimum atomic E-state index is -0.110. The molecule has 0 radical (unpaired) electrons. The molecule has 0 saturated carbocycles. The summed E-state index contributed by atoms with van der Waals surface area (Å²) in [5, 5.41) is 12.6. The van der Waals surface area contributed by atoms with Crippen LogP contribution in [0.3, 0.4) is 0 Å². The number of halogens is 1. The average molecular weight is 270 g/mol. The third kappa shape index (κ3) is 3.15. The van der Waals surface area contributed by atoms with Crippen LogP contribution in [0.4, 0.5) is 0 Å². The first-order valence-corrected chi connectivity index (χ1v) is 6.34. The fourth-order valence-corrected chi connectivity index (χ4v) is 2.37. The van der Waals surface area contributed by atoms with Gasteiger partial charge in [0.15, 0.2) is 5.84 Å². The summed E-state index contributed by atoms with van der Waals surface area (Å²) < 4.78 is 0. The van der Waals surface area contributed by atoms with Gasteiger partial charge in [0.1, 0.15) is 0 Å². The van der Waals surface area contributed by atoms with Crippen molar-refractivity contribution in [3.8, 4) is 0 Å². The van der Waals surface area contributed by atoms with E-state index in [9.17, 15) is 0 Å². The van der Waals surface area contributed by atoms with Crippen molar-refractivity contribution < 1.29 is 5.21 Å². The van der Waals surface area contributed by atoms with Gasteiger partial charge in [0, 0.05) is 11.1 Å². The number of hydrogen-bond acceptors (Lipinski definition) is 3. The second-order valence-electron chi connectivity index (χ2n) is 4.31. The summed E-state index contributed by atoms with van der Waals surface area (Å²) >= 11 is 6.19. The molecule has 1 rings (SSSR count). The van der Waals surface area contributed by atoms with E-state index in [-0.39, 0.29) is 17.9 Å². The normalized spacial score (nSPS) is 15.7. The topological polar surface area (TPSA) is 61.9 Å². The number of rotatable bonds is 5. The summed E-state index contributed by atoms with van der Waals surface area (Å²) in [7, 11) is 1.94. The van der Waals surface area contributed by atoms with E-state index in [0.29, 0.717) is 0 Å². The molecule has 0 bridgehead atoms. The number of amidine groups is 1. The third-order valence-corrected chi connectivity index (χ3v) is 3.65. The van der Waals surface area contributed by atoms with Gasteiger partial charge < -0.3 is 10.9 Å². The van der Waals surface area contributed by atoms with Crippen LogP contribution in [0.25, 0.3) is 0 Å². The predicted octanol–water partition coefficient (Wildman–Crippen LogP) is 2.86. The molecule has 0 aliphatic rings. The number of nitrogens with zero attached hydrogens (tertiary/aromatic N) is 2. The van der Waals surface area contributed by atoms with Gasteiger partial charge >= 0.3 is 0 Å². The van der Waals surface area contributed by atoms with Crippen LogP contribution in [0.1, 0.15) is 31.9 Å². The summed E-state index contributed by atoms with van der Waals surface area (Å²) in [6.45, 7) is 4.05. The first kappa shape index (κ1) is 14.8. The first-order chi connectivity index (χ1) is 8.52. The SMILES string of the molecule is CCC(C(N)=NO)N(C)C(C)c1ccccc1Cl. The Kier molecular flexibility index (Phi) is 5.44. The van der Waals surface area contributed by atoms with E-state index in [1.165, 1.54) is 0 Å². The summed E-state index contributed by atoms with van der Waals surface area (Å²) in [4.78, 5) is 2.05. The van der Waals surface area contributed by atoms with Crippen molar-refractivity contribution in [2.24, 2.45) is 10.9 Å². The molecule has 1 aromatic carbocycles. The van der Waals surface area contributed by atoms with E-state index in [1.807, 2.05) is 38.2 Å². The molecule has 1 aromatic rings. The Labute approximate surface area is 113 Å². The van der Waals surface area contributed by atoms with Gasteiger partial charge in [-0.25, -0.2) is 0 Å². The van der Waals surface area contributed by atoms with E-state index in [2.05, 4.69) is 17.0 Å². The van der Waals surface area contributed by atoms with Crippen molar-refractivity contribution >= 4 is 17.4 Å². The molecule has 4 nitrogen and oxygen atoms in total. The minimum absolute atomic E-state index is 0.0870. The molecule has 0 spiro atoms. The standard InChI is InChI=1S/C13H20ClN3O/c1-4-12(13(15)16-18)17(3)9(2)10-7-5-6-8-11(10)14/h5-9,12,18H,4H2,1-3H3,(H2,15,16). The zero-order valence-electron chi connectivity index (χ0n) is 11.0. The highest BCUT2D eigenvalue weighted by molar-refractivity contribution is 6.31. The lowest BCUT2D eigenvalue weighted by atomic mass is 10.0. The van der Waals surface area contributed by atoms with Crippen molar-refractivity contribution in [3.63, 3.8) is 0 Å². The molecule has 100 valence electrons. The van der Waals surface area contributed by atoms with Gasteiger partial charge in [0.25, 0.3) is 0 Å². The van der Waals surface area contributed by atoms with E-state index in [0.717, 1.165) is 17.0 Å². The van der Waals surface area contributed by atoms with E-state index >= 15 is 0 Å². The van der Waals surface area contributed by atoms with Crippen molar-refractivity contribution in [1.29, 1.82) is 0 Å². The monoisotopic (exact) mass is 269 g/mol. The Balaban J connectivity index is 2.96. The van der Waals surface area contributed by atoms with Crippen LogP contribution in [0, 0.1) is 0 Å². The van der Waals surface area contributed by atoms with E-state index in [1.54, 1.807) is 0 Å². The van der Waals surface area contributed by atoms with Crippen molar-refractivity contribution in [2.75, 3.05) is 7.05 Å². The van der Waals surface area contributed by atoms with E-state index < -0.39 is 0 Å². The molecule has 0 amide bonds. The lowest BCUT2D eigenvalue weighted by Gasteiger charge is -2.32. The fraction of sp³-hybridized carbons (Fsp3) is 0.462. The average Bonchev–Trinajstić information content (AvgIpc) is 2.38. The molecule has 3 N–H and O–H groups in total. The first-order valence-electron chi connectivity index (χ1n) is 5.96. The highest BCUT2D eigenvalue weighted by Gasteiger charge is 2.24. The zero-order chi connectivity index (χ0) is 13.7. The van der Waals surface area contributed by atoms with Crippen molar-refractivity contribution in [1.82, 2.24) is 4.90 Å². The van der Waals surface area contributed by atoms with Gasteiger partial charge in [-0.15, -0.1) is 0 Å². The van der Waals surface area contributed by atoms with Crippen LogP contribution in [0.5, 0.6) is 0 Å². The van der Waals surface area contributed by atoms with Crippen LogP contribution in [-0.2, 0) is 0 Å². The molecule has 2 atom stereocenters. The molecule has 0 aliphatic carbocycles. The molecule has 2 unspecified atom stereocenters. The maximum atomic E-state index is 8.80. The van der Waals surface area contributed by atoms with Gasteiger partial charge in [-0.3, -0.25) is 4.90 Å². The minimum Gasteiger partial charge on any atom is -0.409 e. The molecular weight excluding hydrogens is 250 g/mol. The Morgan fingerprint density at radius 2 is 2.11 bits per heavy atom. The fourth-order valence-electron chi connectivity index (χ4n) is 2.08. The Morgan fingerprint density at radius 3 is 2.61 bits per heavy atom. The smallest absolute Gasteiger partial charge is 0.156 e. The second kappa shape index (κ2) is 6.61. The second-order valence-corrected chi connectivity index (χ2v) is 4.72. The van der Waals surface area contributed by atoms with Gasteiger partial charge in [-0.1, -0.05) is 41.9 Å².